The predicted molar refractivity (Wildman–Crippen MR) is 63.5 cm³/mol. The van der Waals surface area contributed by atoms with Gasteiger partial charge < -0.3 is 0 Å². The second-order valence-electron chi connectivity index (χ2n) is 6.40. The molecule has 3 nitrogen and oxygen atoms in total. The maximum absolute atomic E-state index is 12.1. The molecule has 1 saturated heterocycles. The van der Waals surface area contributed by atoms with Crippen LogP contribution in [0.15, 0.2) is 0 Å². The molecule has 2 atom stereocenters. The van der Waals surface area contributed by atoms with Gasteiger partial charge in [0.25, 0.3) is 0 Å². The Kier molecular flexibility index (Phi) is 2.22. The van der Waals surface area contributed by atoms with Gasteiger partial charge in [-0.15, -0.1) is 0 Å². The van der Waals surface area contributed by atoms with Gasteiger partial charge in [0, 0.05) is 13.1 Å². The second kappa shape index (κ2) is 3.22. The van der Waals surface area contributed by atoms with Gasteiger partial charge in [0.1, 0.15) is 0 Å². The summed E-state index contributed by atoms with van der Waals surface area (Å²) in [6.07, 6.45) is 3.37. The van der Waals surface area contributed by atoms with Crippen molar-refractivity contribution in [1.29, 1.82) is 0 Å². The van der Waals surface area contributed by atoms with E-state index in [2.05, 4.69) is 13.8 Å². The molecule has 0 radical (unpaired) electrons. The van der Waals surface area contributed by atoms with E-state index in [9.17, 15) is 8.42 Å². The lowest BCUT2D eigenvalue weighted by Crippen LogP contribution is -2.34. The Labute approximate surface area is 98.3 Å². The van der Waals surface area contributed by atoms with Gasteiger partial charge in [-0.25, -0.2) is 12.7 Å². The Hall–Kier alpha value is -0.0900. The lowest BCUT2D eigenvalue weighted by atomic mass is 10.1. The smallest absolute Gasteiger partial charge is 0.212 e. The van der Waals surface area contributed by atoms with Crippen molar-refractivity contribution in [3.8, 4) is 0 Å². The van der Waals surface area contributed by atoms with Gasteiger partial charge in [-0.1, -0.05) is 26.7 Å². The van der Waals surface area contributed by atoms with E-state index in [0.29, 0.717) is 28.9 Å². The standard InChI is InChI=1S/C12H21NO2S/c1-12(2)10-7-13(8-11(10)12)16(14,15)6-5-9-3-4-9/h9-11H,3-8H2,1-2H3. The molecular weight excluding hydrogens is 222 g/mol. The van der Waals surface area contributed by atoms with Crippen LogP contribution in [0.4, 0.5) is 0 Å². The first-order valence-electron chi connectivity index (χ1n) is 6.39. The SMILES string of the molecule is CC1(C)C2CN(S(=O)(=O)CCC3CC3)CC21. The Morgan fingerprint density at radius 3 is 2.25 bits per heavy atom. The lowest BCUT2D eigenvalue weighted by molar-refractivity contribution is 0.363. The maximum atomic E-state index is 12.1. The highest BCUT2D eigenvalue weighted by Crippen LogP contribution is 2.62. The van der Waals surface area contributed by atoms with Crippen molar-refractivity contribution in [2.45, 2.75) is 33.1 Å². The van der Waals surface area contributed by atoms with E-state index in [1.165, 1.54) is 12.8 Å². The molecule has 3 fully saturated rings. The minimum atomic E-state index is -2.93. The van der Waals surface area contributed by atoms with Crippen LogP contribution in [0.25, 0.3) is 0 Å². The average Bonchev–Trinajstić information content (AvgIpc) is 3.02. The fourth-order valence-electron chi connectivity index (χ4n) is 3.17. The Morgan fingerprint density at radius 2 is 1.75 bits per heavy atom. The molecule has 1 heterocycles. The molecule has 2 aliphatic carbocycles. The van der Waals surface area contributed by atoms with Crippen molar-refractivity contribution < 1.29 is 8.42 Å². The van der Waals surface area contributed by atoms with Crippen molar-refractivity contribution in [2.75, 3.05) is 18.8 Å². The van der Waals surface area contributed by atoms with Crippen LogP contribution in [0.2, 0.25) is 0 Å². The van der Waals surface area contributed by atoms with Gasteiger partial charge in [-0.2, -0.15) is 0 Å². The third kappa shape index (κ3) is 1.70. The molecule has 92 valence electrons. The van der Waals surface area contributed by atoms with Gasteiger partial charge in [0.05, 0.1) is 5.75 Å². The normalized spacial score (nSPS) is 37.4. The third-order valence-electron chi connectivity index (χ3n) is 4.96. The van der Waals surface area contributed by atoms with Crippen molar-refractivity contribution in [2.24, 2.45) is 23.2 Å². The molecule has 0 bridgehead atoms. The van der Waals surface area contributed by atoms with Crippen LogP contribution in [-0.2, 0) is 10.0 Å². The summed E-state index contributed by atoms with van der Waals surface area (Å²) in [4.78, 5) is 0. The van der Waals surface area contributed by atoms with Crippen molar-refractivity contribution >= 4 is 10.0 Å². The topological polar surface area (TPSA) is 37.4 Å². The number of rotatable bonds is 4. The summed E-state index contributed by atoms with van der Waals surface area (Å²) in [5.74, 6) is 2.35. The predicted octanol–water partition coefficient (Wildman–Crippen LogP) is 1.70. The van der Waals surface area contributed by atoms with Crippen molar-refractivity contribution in [3.63, 3.8) is 0 Å². The average molecular weight is 243 g/mol. The highest BCUT2D eigenvalue weighted by Gasteiger charge is 2.63. The van der Waals surface area contributed by atoms with Gasteiger partial charge in [0.15, 0.2) is 0 Å². The molecule has 0 N–H and O–H groups in total. The molecule has 3 rings (SSSR count). The zero-order chi connectivity index (χ0) is 11.6. The quantitative estimate of drug-likeness (QED) is 0.753. The zero-order valence-electron chi connectivity index (χ0n) is 10.1. The summed E-state index contributed by atoms with van der Waals surface area (Å²) < 4.78 is 25.9. The van der Waals surface area contributed by atoms with Crippen molar-refractivity contribution in [3.05, 3.63) is 0 Å². The molecule has 0 aromatic rings. The lowest BCUT2D eigenvalue weighted by Gasteiger charge is -2.21. The van der Waals surface area contributed by atoms with Crippen LogP contribution in [0.1, 0.15) is 33.1 Å². The summed E-state index contributed by atoms with van der Waals surface area (Å²) in [7, 11) is -2.93. The number of piperidine rings is 1. The molecular formula is C12H21NO2S. The summed E-state index contributed by atoms with van der Waals surface area (Å²) >= 11 is 0. The summed E-state index contributed by atoms with van der Waals surface area (Å²) in [6, 6.07) is 0. The molecule has 3 aliphatic rings. The summed E-state index contributed by atoms with van der Waals surface area (Å²) in [5, 5.41) is 0. The van der Waals surface area contributed by atoms with Gasteiger partial charge in [0.2, 0.25) is 10.0 Å². The van der Waals surface area contributed by atoms with Crippen LogP contribution in [-0.4, -0.2) is 31.6 Å². The number of hydrogen-bond donors (Lipinski definition) is 0. The van der Waals surface area contributed by atoms with Gasteiger partial charge in [-0.05, 0) is 29.6 Å². The molecule has 0 aromatic carbocycles. The van der Waals surface area contributed by atoms with Crippen LogP contribution in [0.3, 0.4) is 0 Å². The Balaban J connectivity index is 1.58. The zero-order valence-corrected chi connectivity index (χ0v) is 11.0. The van der Waals surface area contributed by atoms with Crippen molar-refractivity contribution in [1.82, 2.24) is 4.31 Å². The first kappa shape index (κ1) is 11.0. The Bertz CT molecular complexity index is 383. The third-order valence-corrected chi connectivity index (χ3v) is 6.80. The summed E-state index contributed by atoms with van der Waals surface area (Å²) in [5.41, 5.74) is 0.405. The van der Waals surface area contributed by atoms with E-state index in [0.717, 1.165) is 19.5 Å². The molecule has 0 amide bonds. The molecule has 1 aliphatic heterocycles. The summed E-state index contributed by atoms with van der Waals surface area (Å²) in [6.45, 7) is 6.09. The van der Waals surface area contributed by atoms with Gasteiger partial charge >= 0.3 is 0 Å². The number of sulfonamides is 1. The maximum Gasteiger partial charge on any atom is 0.214 e. The van der Waals surface area contributed by atoms with E-state index in [1.807, 2.05) is 0 Å². The first-order chi connectivity index (χ1) is 7.41. The molecule has 16 heavy (non-hydrogen) atoms. The largest absolute Gasteiger partial charge is 0.214 e. The fourth-order valence-corrected chi connectivity index (χ4v) is 4.84. The second-order valence-corrected chi connectivity index (χ2v) is 8.49. The van der Waals surface area contributed by atoms with E-state index >= 15 is 0 Å². The highest BCUT2D eigenvalue weighted by atomic mass is 32.2. The van der Waals surface area contributed by atoms with Gasteiger partial charge in [-0.3, -0.25) is 0 Å². The highest BCUT2D eigenvalue weighted by molar-refractivity contribution is 7.89. The Morgan fingerprint density at radius 1 is 1.19 bits per heavy atom. The minimum Gasteiger partial charge on any atom is -0.212 e. The minimum absolute atomic E-state index is 0.386. The number of nitrogens with zero attached hydrogens (tertiary/aromatic N) is 1. The molecule has 0 aromatic heterocycles. The van der Waals surface area contributed by atoms with Crippen LogP contribution in [0, 0.1) is 23.2 Å². The van der Waals surface area contributed by atoms with Crippen LogP contribution >= 0.6 is 0 Å². The monoisotopic (exact) mass is 243 g/mol. The fraction of sp³-hybridized carbons (Fsp3) is 1.00. The van der Waals surface area contributed by atoms with E-state index in [4.69, 9.17) is 0 Å². The van der Waals surface area contributed by atoms with E-state index in [1.54, 1.807) is 4.31 Å². The van der Waals surface area contributed by atoms with E-state index in [-0.39, 0.29) is 0 Å². The van der Waals surface area contributed by atoms with Crippen LogP contribution in [0.5, 0.6) is 0 Å². The number of hydrogen-bond acceptors (Lipinski definition) is 2. The molecule has 2 unspecified atom stereocenters. The molecule has 4 heteroatoms. The molecule has 2 saturated carbocycles. The first-order valence-corrected chi connectivity index (χ1v) is 8.00. The molecule has 0 spiro atoms. The van der Waals surface area contributed by atoms with E-state index < -0.39 is 10.0 Å². The number of fused-ring (bicyclic) bond motifs is 1. The van der Waals surface area contributed by atoms with Crippen LogP contribution < -0.4 is 0 Å².